The zero-order valence-electron chi connectivity index (χ0n) is 12.6. The van der Waals surface area contributed by atoms with Crippen molar-refractivity contribution in [3.63, 3.8) is 0 Å². The maximum atomic E-state index is 13.1. The van der Waals surface area contributed by atoms with Crippen molar-refractivity contribution in [3.05, 3.63) is 55.4 Å². The number of hydrogen-bond acceptors (Lipinski definition) is 3. The van der Waals surface area contributed by atoms with Gasteiger partial charge in [-0.15, -0.1) is 23.1 Å². The minimum absolute atomic E-state index is 0.130. The second-order valence-electron chi connectivity index (χ2n) is 5.34. The third-order valence-electron chi connectivity index (χ3n) is 3.84. The van der Waals surface area contributed by atoms with E-state index in [0.29, 0.717) is 10.6 Å². The zero-order valence-corrected chi connectivity index (χ0v) is 14.3. The van der Waals surface area contributed by atoms with E-state index in [4.69, 9.17) is 0 Å². The molecule has 1 aliphatic rings. The molecule has 0 aliphatic carbocycles. The summed E-state index contributed by atoms with van der Waals surface area (Å²) in [6.07, 6.45) is 1.96. The third kappa shape index (κ3) is 2.83. The van der Waals surface area contributed by atoms with Crippen molar-refractivity contribution in [1.82, 2.24) is 0 Å². The van der Waals surface area contributed by atoms with Gasteiger partial charge in [-0.2, -0.15) is 0 Å². The predicted octanol–water partition coefficient (Wildman–Crippen LogP) is 5.04. The molecular formula is C17H16FNOS2. The van der Waals surface area contributed by atoms with Gasteiger partial charge in [0.1, 0.15) is 5.82 Å². The van der Waals surface area contributed by atoms with E-state index >= 15 is 0 Å². The van der Waals surface area contributed by atoms with E-state index in [9.17, 15) is 9.18 Å². The molecule has 0 radical (unpaired) electrons. The Morgan fingerprint density at radius 2 is 2.05 bits per heavy atom. The molecule has 1 aromatic heterocycles. The molecule has 114 valence electrons. The molecule has 0 spiro atoms. The number of aryl methyl sites for hydroxylation is 2. The highest BCUT2D eigenvalue weighted by Gasteiger charge is 2.21. The van der Waals surface area contributed by atoms with Crippen molar-refractivity contribution in [2.45, 2.75) is 26.5 Å². The average Bonchev–Trinajstić information content (AvgIpc) is 2.76. The van der Waals surface area contributed by atoms with Gasteiger partial charge in [0, 0.05) is 21.2 Å². The van der Waals surface area contributed by atoms with Gasteiger partial charge in [-0.05, 0) is 61.7 Å². The van der Waals surface area contributed by atoms with Crippen LogP contribution >= 0.6 is 23.1 Å². The quantitative estimate of drug-likeness (QED) is 0.834. The summed E-state index contributed by atoms with van der Waals surface area (Å²) < 4.78 is 13.1. The molecule has 0 saturated heterocycles. The number of hydrogen-bond donors (Lipinski definition) is 1. The first kappa shape index (κ1) is 15.3. The van der Waals surface area contributed by atoms with Crippen LogP contribution in [0.3, 0.4) is 0 Å². The fourth-order valence-electron chi connectivity index (χ4n) is 2.39. The van der Waals surface area contributed by atoms with Gasteiger partial charge in [-0.1, -0.05) is 0 Å². The molecule has 1 aromatic carbocycles. The molecule has 2 aromatic rings. The molecule has 0 saturated carbocycles. The summed E-state index contributed by atoms with van der Waals surface area (Å²) in [5.74, 6) is 0.401. The van der Waals surface area contributed by atoms with E-state index in [0.717, 1.165) is 11.3 Å². The van der Waals surface area contributed by atoms with Crippen LogP contribution in [-0.2, 0) is 10.5 Å². The highest BCUT2D eigenvalue weighted by molar-refractivity contribution is 8.03. The van der Waals surface area contributed by atoms with Crippen molar-refractivity contribution >= 4 is 40.8 Å². The fraction of sp³-hybridized carbons (Fsp3) is 0.235. The highest BCUT2D eigenvalue weighted by Crippen LogP contribution is 2.39. The Labute approximate surface area is 137 Å². The molecule has 1 aliphatic heterocycles. The first-order valence-corrected chi connectivity index (χ1v) is 8.77. The van der Waals surface area contributed by atoms with Gasteiger partial charge in [0.25, 0.3) is 5.91 Å². The second-order valence-corrected chi connectivity index (χ2v) is 7.61. The number of amides is 1. The van der Waals surface area contributed by atoms with Crippen molar-refractivity contribution in [1.29, 1.82) is 0 Å². The zero-order chi connectivity index (χ0) is 15.9. The van der Waals surface area contributed by atoms with E-state index in [-0.39, 0.29) is 11.7 Å². The van der Waals surface area contributed by atoms with Crippen LogP contribution in [0.5, 0.6) is 0 Å². The molecule has 22 heavy (non-hydrogen) atoms. The minimum atomic E-state index is -0.295. The Morgan fingerprint density at radius 1 is 1.27 bits per heavy atom. The Morgan fingerprint density at radius 3 is 2.77 bits per heavy atom. The van der Waals surface area contributed by atoms with Crippen molar-refractivity contribution in [3.8, 4) is 0 Å². The van der Waals surface area contributed by atoms with E-state index in [2.05, 4.69) is 19.2 Å². The van der Waals surface area contributed by atoms with Crippen molar-refractivity contribution < 1.29 is 9.18 Å². The maximum Gasteiger partial charge on any atom is 0.262 e. The third-order valence-corrected chi connectivity index (χ3v) is 6.08. The van der Waals surface area contributed by atoms with Crippen molar-refractivity contribution in [2.24, 2.45) is 0 Å². The first-order chi connectivity index (χ1) is 10.5. The Balaban J connectivity index is 1.84. The summed E-state index contributed by atoms with van der Waals surface area (Å²) in [5, 5.41) is 2.87. The molecule has 1 amide bonds. The van der Waals surface area contributed by atoms with Crippen LogP contribution in [0.2, 0.25) is 0 Å². The van der Waals surface area contributed by atoms with Crippen LogP contribution in [0.15, 0.2) is 23.1 Å². The monoisotopic (exact) mass is 333 g/mol. The average molecular weight is 333 g/mol. The topological polar surface area (TPSA) is 29.1 Å². The molecule has 2 heterocycles. The first-order valence-electron chi connectivity index (χ1n) is 6.96. The number of thiophene rings is 1. The number of nitrogens with one attached hydrogen (secondary N) is 1. The maximum absolute atomic E-state index is 13.1. The molecule has 0 atom stereocenters. The normalized spacial score (nSPS) is 13.5. The lowest BCUT2D eigenvalue weighted by atomic mass is 10.1. The number of halogens is 1. The molecule has 0 unspecified atom stereocenters. The number of rotatable bonds is 2. The summed E-state index contributed by atoms with van der Waals surface area (Å²) in [7, 11) is 0. The summed E-state index contributed by atoms with van der Waals surface area (Å²) in [6.45, 7) is 6.02. The molecule has 0 fully saturated rings. The van der Waals surface area contributed by atoms with Crippen LogP contribution in [0.1, 0.15) is 26.4 Å². The Kier molecular flexibility index (Phi) is 4.10. The Bertz CT molecular complexity index is 792. The lowest BCUT2D eigenvalue weighted by Gasteiger charge is -2.14. The molecule has 2 nitrogen and oxygen atoms in total. The lowest BCUT2D eigenvalue weighted by molar-refractivity contribution is -0.112. The van der Waals surface area contributed by atoms with Gasteiger partial charge >= 0.3 is 0 Å². The number of carbonyl (C=O) groups excluding carboxylic acids is 1. The molecule has 0 bridgehead atoms. The molecular weight excluding hydrogens is 317 g/mol. The van der Waals surface area contributed by atoms with Crippen LogP contribution in [0.25, 0.3) is 6.08 Å². The smallest absolute Gasteiger partial charge is 0.262 e. The lowest BCUT2D eigenvalue weighted by Crippen LogP contribution is -2.15. The summed E-state index contributed by atoms with van der Waals surface area (Å²) >= 11 is 3.28. The number of anilines is 1. The van der Waals surface area contributed by atoms with Crippen LogP contribution in [0.4, 0.5) is 10.1 Å². The van der Waals surface area contributed by atoms with Gasteiger partial charge in [-0.25, -0.2) is 4.39 Å². The van der Waals surface area contributed by atoms with Gasteiger partial charge in [0.15, 0.2) is 0 Å². The highest BCUT2D eigenvalue weighted by atomic mass is 32.2. The summed E-state index contributed by atoms with van der Waals surface area (Å²) in [4.78, 5) is 15.6. The standard InChI is InChI=1S/C17H16FNOS2/c1-9-6-12(18)4-5-14(9)19-17(20)16-7-15-13(8-21-16)10(2)11(3)22-15/h4-7H,8H2,1-3H3,(H,19,20). The minimum Gasteiger partial charge on any atom is -0.321 e. The SMILES string of the molecule is Cc1cc(F)ccc1NC(=O)C1=Cc2sc(C)c(C)c2CS1. The van der Waals surface area contributed by atoms with E-state index in [1.165, 1.54) is 33.0 Å². The fourth-order valence-corrected chi connectivity index (χ4v) is 4.74. The predicted molar refractivity (Wildman–Crippen MR) is 92.8 cm³/mol. The van der Waals surface area contributed by atoms with Crippen molar-refractivity contribution in [2.75, 3.05) is 5.32 Å². The van der Waals surface area contributed by atoms with Gasteiger partial charge in [-0.3, -0.25) is 4.79 Å². The number of thioether (sulfide) groups is 1. The van der Waals surface area contributed by atoms with Gasteiger partial charge in [0.05, 0.1) is 4.91 Å². The van der Waals surface area contributed by atoms with Crippen LogP contribution < -0.4 is 5.32 Å². The second kappa shape index (κ2) is 5.89. The Hall–Kier alpha value is -1.59. The number of benzene rings is 1. The van der Waals surface area contributed by atoms with E-state index < -0.39 is 0 Å². The number of carbonyl (C=O) groups is 1. The molecule has 3 rings (SSSR count). The van der Waals surface area contributed by atoms with Crippen LogP contribution in [0, 0.1) is 26.6 Å². The van der Waals surface area contributed by atoms with Gasteiger partial charge < -0.3 is 5.32 Å². The van der Waals surface area contributed by atoms with E-state index in [1.54, 1.807) is 36.1 Å². The molecule has 1 N–H and O–H groups in total. The van der Waals surface area contributed by atoms with Gasteiger partial charge in [0.2, 0.25) is 0 Å². The largest absolute Gasteiger partial charge is 0.321 e. The number of fused-ring (bicyclic) bond motifs is 1. The molecule has 5 heteroatoms. The summed E-state index contributed by atoms with van der Waals surface area (Å²) in [5.41, 5.74) is 4.04. The summed E-state index contributed by atoms with van der Waals surface area (Å²) in [6, 6.07) is 4.37. The van der Waals surface area contributed by atoms with Crippen LogP contribution in [-0.4, -0.2) is 5.91 Å². The van der Waals surface area contributed by atoms with E-state index in [1.807, 2.05) is 6.08 Å².